The normalized spacial score (nSPS) is 20.1. The molecule has 0 bridgehead atoms. The first-order valence-electron chi connectivity index (χ1n) is 8.66. The van der Waals surface area contributed by atoms with Crippen LogP contribution in [0, 0.1) is 11.3 Å². The fraction of sp³-hybridized carbons (Fsp3) is 0.200. The summed E-state index contributed by atoms with van der Waals surface area (Å²) in [4.78, 5) is 38.9. The molecule has 0 aromatic heterocycles. The number of halogens is 1. The number of fused-ring (bicyclic) bond motifs is 2. The third-order valence-electron chi connectivity index (χ3n) is 5.10. The van der Waals surface area contributed by atoms with Gasteiger partial charge >= 0.3 is 6.03 Å². The van der Waals surface area contributed by atoms with Crippen molar-refractivity contribution in [2.75, 3.05) is 11.9 Å². The number of benzene rings is 2. The Balaban J connectivity index is 1.54. The Hall–Kier alpha value is -3.37. The maximum Gasteiger partial charge on any atom is 0.325 e. The molecule has 4 amide bonds. The molecule has 1 fully saturated rings. The molecule has 1 saturated heterocycles. The van der Waals surface area contributed by atoms with Crippen molar-refractivity contribution in [2.45, 2.75) is 18.4 Å². The van der Waals surface area contributed by atoms with Gasteiger partial charge in [-0.1, -0.05) is 35.9 Å². The number of hydrogen-bond acceptors (Lipinski definition) is 4. The molecule has 28 heavy (non-hydrogen) atoms. The molecular weight excluding hydrogens is 380 g/mol. The zero-order valence-electron chi connectivity index (χ0n) is 14.7. The van der Waals surface area contributed by atoms with Crippen molar-refractivity contribution in [1.82, 2.24) is 10.2 Å². The highest BCUT2D eigenvalue weighted by Gasteiger charge is 2.55. The number of carbonyl (C=O) groups excluding carboxylic acids is 3. The van der Waals surface area contributed by atoms with E-state index in [-0.39, 0.29) is 11.3 Å². The second-order valence-electron chi connectivity index (χ2n) is 6.73. The SMILES string of the molecule is N#Cc1ccc(Cl)cc1NC(=O)CN1C(=O)NC2(CCc3ccccc32)C1=O. The minimum Gasteiger partial charge on any atom is -0.323 e. The second-order valence-corrected chi connectivity index (χ2v) is 7.17. The highest BCUT2D eigenvalue weighted by Crippen LogP contribution is 2.41. The minimum atomic E-state index is -1.11. The fourth-order valence-corrected chi connectivity index (χ4v) is 3.96. The first-order valence-corrected chi connectivity index (χ1v) is 9.04. The van der Waals surface area contributed by atoms with Crippen LogP contribution < -0.4 is 10.6 Å². The molecule has 0 saturated carbocycles. The van der Waals surface area contributed by atoms with Crippen molar-refractivity contribution in [2.24, 2.45) is 0 Å². The largest absolute Gasteiger partial charge is 0.325 e. The van der Waals surface area contributed by atoms with Crippen molar-refractivity contribution in [3.8, 4) is 6.07 Å². The van der Waals surface area contributed by atoms with Gasteiger partial charge in [-0.3, -0.25) is 14.5 Å². The van der Waals surface area contributed by atoms with Gasteiger partial charge in [0.2, 0.25) is 5.91 Å². The van der Waals surface area contributed by atoms with Gasteiger partial charge in [-0.25, -0.2) is 4.79 Å². The first kappa shape index (κ1) is 18.0. The maximum absolute atomic E-state index is 13.1. The molecule has 7 nitrogen and oxygen atoms in total. The smallest absolute Gasteiger partial charge is 0.323 e. The third-order valence-corrected chi connectivity index (χ3v) is 5.34. The van der Waals surface area contributed by atoms with Gasteiger partial charge in [0, 0.05) is 5.02 Å². The Bertz CT molecular complexity index is 1060. The summed E-state index contributed by atoms with van der Waals surface area (Å²) in [6.45, 7) is -0.452. The number of nitriles is 1. The molecule has 2 N–H and O–H groups in total. The van der Waals surface area contributed by atoms with Crippen molar-refractivity contribution in [1.29, 1.82) is 5.26 Å². The molecule has 0 radical (unpaired) electrons. The molecule has 1 aliphatic carbocycles. The third kappa shape index (κ3) is 2.79. The lowest BCUT2D eigenvalue weighted by Crippen LogP contribution is -2.43. The van der Waals surface area contributed by atoms with Crippen LogP contribution in [0.1, 0.15) is 23.1 Å². The summed E-state index contributed by atoms with van der Waals surface area (Å²) in [5.74, 6) is -1.03. The molecule has 8 heteroatoms. The number of amides is 4. The standard InChI is InChI=1S/C20H15ClN4O3/c21-14-6-5-13(10-22)16(9-14)23-17(26)11-25-18(27)20(24-19(25)28)8-7-12-3-1-2-4-15(12)20/h1-6,9H,7-8,11H2,(H,23,26)(H,24,28). The number of rotatable bonds is 3. The second kappa shape index (κ2) is 6.66. The van der Waals surface area contributed by atoms with Gasteiger partial charge in [0.1, 0.15) is 18.2 Å². The van der Waals surface area contributed by atoms with E-state index in [9.17, 15) is 14.4 Å². The van der Waals surface area contributed by atoms with Gasteiger partial charge < -0.3 is 10.6 Å². The lowest BCUT2D eigenvalue weighted by Gasteiger charge is -2.22. The van der Waals surface area contributed by atoms with Gasteiger partial charge in [-0.15, -0.1) is 0 Å². The molecule has 1 spiro atoms. The predicted molar refractivity (Wildman–Crippen MR) is 101 cm³/mol. The van der Waals surface area contributed by atoms with Crippen LogP contribution >= 0.6 is 11.6 Å². The summed E-state index contributed by atoms with van der Waals surface area (Å²) in [5, 5.41) is 14.8. The summed E-state index contributed by atoms with van der Waals surface area (Å²) >= 11 is 5.91. The Labute approximate surface area is 165 Å². The molecule has 1 aliphatic heterocycles. The van der Waals surface area contributed by atoms with Crippen LogP contribution in [0.2, 0.25) is 5.02 Å². The van der Waals surface area contributed by atoms with E-state index in [0.717, 1.165) is 16.0 Å². The predicted octanol–water partition coefficient (Wildman–Crippen LogP) is 2.54. The van der Waals surface area contributed by atoms with E-state index < -0.39 is 29.9 Å². The van der Waals surface area contributed by atoms with Crippen LogP contribution in [0.3, 0.4) is 0 Å². The minimum absolute atomic E-state index is 0.230. The summed E-state index contributed by atoms with van der Waals surface area (Å²) in [6, 6.07) is 13.3. The molecule has 1 heterocycles. The van der Waals surface area contributed by atoms with E-state index in [2.05, 4.69) is 10.6 Å². The fourth-order valence-electron chi connectivity index (χ4n) is 3.78. The lowest BCUT2D eigenvalue weighted by molar-refractivity contribution is -0.134. The van der Waals surface area contributed by atoms with Gasteiger partial charge in [-0.05, 0) is 42.2 Å². The zero-order valence-corrected chi connectivity index (χ0v) is 15.4. The molecule has 2 aliphatic rings. The van der Waals surface area contributed by atoms with E-state index >= 15 is 0 Å². The van der Waals surface area contributed by atoms with E-state index in [0.29, 0.717) is 17.9 Å². The number of imide groups is 1. The Morgan fingerprint density at radius 1 is 1.29 bits per heavy atom. The summed E-state index contributed by atoms with van der Waals surface area (Å²) in [6.07, 6.45) is 1.14. The van der Waals surface area contributed by atoms with Gasteiger partial charge in [-0.2, -0.15) is 5.26 Å². The number of carbonyl (C=O) groups is 3. The average Bonchev–Trinajstić information content (AvgIpc) is 3.16. The number of anilines is 1. The van der Waals surface area contributed by atoms with Gasteiger partial charge in [0.05, 0.1) is 11.3 Å². The number of urea groups is 1. The first-order chi connectivity index (χ1) is 13.4. The number of nitrogens with zero attached hydrogens (tertiary/aromatic N) is 2. The quantitative estimate of drug-likeness (QED) is 0.781. The number of aryl methyl sites for hydroxylation is 1. The monoisotopic (exact) mass is 394 g/mol. The summed E-state index contributed by atoms with van der Waals surface area (Å²) in [5.41, 5.74) is 1.14. The van der Waals surface area contributed by atoms with Crippen LogP contribution in [-0.2, 0) is 21.5 Å². The van der Waals surface area contributed by atoms with E-state index in [1.807, 2.05) is 30.3 Å². The Morgan fingerprint density at radius 3 is 2.86 bits per heavy atom. The lowest BCUT2D eigenvalue weighted by atomic mass is 9.92. The van der Waals surface area contributed by atoms with Crippen LogP contribution in [0.5, 0.6) is 0 Å². The highest BCUT2D eigenvalue weighted by molar-refractivity contribution is 6.31. The number of hydrogen-bond donors (Lipinski definition) is 2. The zero-order chi connectivity index (χ0) is 19.9. The van der Waals surface area contributed by atoms with Gasteiger partial charge in [0.25, 0.3) is 5.91 Å². The Morgan fingerprint density at radius 2 is 2.07 bits per heavy atom. The summed E-state index contributed by atoms with van der Waals surface area (Å²) in [7, 11) is 0. The van der Waals surface area contributed by atoms with Gasteiger partial charge in [0.15, 0.2) is 0 Å². The molecule has 4 rings (SSSR count). The molecular formula is C20H15ClN4O3. The van der Waals surface area contributed by atoms with Crippen molar-refractivity contribution in [3.05, 3.63) is 64.2 Å². The Kier molecular flexibility index (Phi) is 4.28. The van der Waals surface area contributed by atoms with Crippen molar-refractivity contribution in [3.63, 3.8) is 0 Å². The van der Waals surface area contributed by atoms with Crippen LogP contribution in [0.25, 0.3) is 0 Å². The van der Waals surface area contributed by atoms with Crippen LogP contribution in [0.15, 0.2) is 42.5 Å². The van der Waals surface area contributed by atoms with Crippen LogP contribution in [0.4, 0.5) is 10.5 Å². The van der Waals surface area contributed by atoms with Crippen molar-refractivity contribution >= 4 is 35.1 Å². The van der Waals surface area contributed by atoms with E-state index in [1.165, 1.54) is 18.2 Å². The van der Waals surface area contributed by atoms with Crippen LogP contribution in [-0.4, -0.2) is 29.3 Å². The van der Waals surface area contributed by atoms with Crippen molar-refractivity contribution < 1.29 is 14.4 Å². The molecule has 2 aromatic rings. The topological polar surface area (TPSA) is 102 Å². The molecule has 1 atom stereocenters. The average molecular weight is 395 g/mol. The highest BCUT2D eigenvalue weighted by atomic mass is 35.5. The van der Waals surface area contributed by atoms with E-state index in [1.54, 1.807) is 0 Å². The van der Waals surface area contributed by atoms with E-state index in [4.69, 9.17) is 16.9 Å². The molecule has 2 aromatic carbocycles. The maximum atomic E-state index is 13.1. The summed E-state index contributed by atoms with van der Waals surface area (Å²) < 4.78 is 0. The molecule has 1 unspecified atom stereocenters. The number of nitrogens with one attached hydrogen (secondary N) is 2. The molecule has 140 valence electrons.